The van der Waals surface area contributed by atoms with Crippen molar-refractivity contribution in [2.75, 3.05) is 11.4 Å². The number of aryl methyl sites for hydroxylation is 1. The minimum absolute atomic E-state index is 0.159. The van der Waals surface area contributed by atoms with Crippen LogP contribution in [0.3, 0.4) is 0 Å². The van der Waals surface area contributed by atoms with Crippen LogP contribution in [0.15, 0.2) is 29.3 Å². The second-order valence-electron chi connectivity index (χ2n) is 6.64. The van der Waals surface area contributed by atoms with Crippen LogP contribution in [-0.4, -0.2) is 39.2 Å². The molecule has 0 radical (unpaired) electrons. The quantitative estimate of drug-likeness (QED) is 0.847. The van der Waals surface area contributed by atoms with Gasteiger partial charge < -0.3 is 15.2 Å². The van der Waals surface area contributed by atoms with E-state index in [4.69, 9.17) is 0 Å². The summed E-state index contributed by atoms with van der Waals surface area (Å²) in [5, 5.41) is 6.82. The molecule has 2 aliphatic rings. The molecule has 1 saturated carbocycles. The summed E-state index contributed by atoms with van der Waals surface area (Å²) >= 11 is 0. The molecule has 130 valence electrons. The minimum atomic E-state index is -0.587. The Hall–Kier alpha value is -2.90. The lowest BCUT2D eigenvalue weighted by atomic mass is 10.1. The van der Waals surface area contributed by atoms with Crippen molar-refractivity contribution in [3.63, 3.8) is 0 Å². The first-order chi connectivity index (χ1) is 12.0. The van der Waals surface area contributed by atoms with Crippen LogP contribution in [0.1, 0.15) is 41.2 Å². The highest BCUT2D eigenvalue weighted by Gasteiger charge is 2.34. The first-order valence-electron chi connectivity index (χ1n) is 8.36. The van der Waals surface area contributed by atoms with Gasteiger partial charge in [-0.1, -0.05) is 0 Å². The van der Waals surface area contributed by atoms with Gasteiger partial charge in [-0.05, 0) is 31.2 Å². The van der Waals surface area contributed by atoms with Crippen molar-refractivity contribution in [1.29, 1.82) is 0 Å². The van der Waals surface area contributed by atoms with E-state index >= 15 is 0 Å². The van der Waals surface area contributed by atoms with Crippen LogP contribution in [0, 0.1) is 0 Å². The molecule has 4 rings (SSSR count). The number of hydrogen-bond acceptors (Lipinski definition) is 4. The van der Waals surface area contributed by atoms with Crippen LogP contribution in [0.2, 0.25) is 0 Å². The molecule has 1 saturated heterocycles. The average molecular weight is 341 g/mol. The normalized spacial score (nSPS) is 20.1. The van der Waals surface area contributed by atoms with Gasteiger partial charge in [0.25, 0.3) is 5.91 Å². The third-order valence-electron chi connectivity index (χ3n) is 4.66. The first-order valence-corrected chi connectivity index (χ1v) is 8.36. The fourth-order valence-corrected chi connectivity index (χ4v) is 3.17. The first kappa shape index (κ1) is 15.6. The number of anilines is 1. The molecule has 0 aromatic carbocycles. The van der Waals surface area contributed by atoms with Crippen LogP contribution in [0.5, 0.6) is 0 Å². The summed E-state index contributed by atoms with van der Waals surface area (Å²) in [5.74, 6) is -0.206. The molecule has 1 atom stereocenters. The van der Waals surface area contributed by atoms with E-state index < -0.39 is 6.04 Å². The van der Waals surface area contributed by atoms with Crippen molar-refractivity contribution in [3.8, 4) is 0 Å². The Morgan fingerprint density at radius 2 is 2.08 bits per heavy atom. The molecule has 2 N–H and O–H groups in total. The highest BCUT2D eigenvalue weighted by atomic mass is 16.2. The number of nitrogens with one attached hydrogen (secondary N) is 2. The number of pyridine rings is 1. The Kier molecular flexibility index (Phi) is 3.67. The van der Waals surface area contributed by atoms with Gasteiger partial charge in [0.2, 0.25) is 11.5 Å². The highest BCUT2D eigenvalue weighted by Crippen LogP contribution is 2.38. The lowest BCUT2D eigenvalue weighted by Gasteiger charge is -2.15. The summed E-state index contributed by atoms with van der Waals surface area (Å²) in [4.78, 5) is 41.2. The van der Waals surface area contributed by atoms with Crippen LogP contribution in [-0.2, 0) is 11.8 Å². The second-order valence-corrected chi connectivity index (χ2v) is 6.64. The van der Waals surface area contributed by atoms with E-state index in [1.54, 1.807) is 35.1 Å². The predicted octanol–water partition coefficient (Wildman–Crippen LogP) is 0.521. The third kappa shape index (κ3) is 3.07. The maximum atomic E-state index is 12.5. The molecule has 25 heavy (non-hydrogen) atoms. The Balaban J connectivity index is 1.48. The number of aromatic nitrogens is 3. The Bertz CT molecular complexity index is 896. The molecule has 1 unspecified atom stereocenters. The largest absolute Gasteiger partial charge is 0.340 e. The second kappa shape index (κ2) is 5.87. The molecule has 2 aromatic heterocycles. The van der Waals surface area contributed by atoms with Gasteiger partial charge in [0.15, 0.2) is 0 Å². The van der Waals surface area contributed by atoms with Crippen LogP contribution < -0.4 is 15.8 Å². The number of rotatable bonds is 4. The zero-order valence-electron chi connectivity index (χ0n) is 13.9. The summed E-state index contributed by atoms with van der Waals surface area (Å²) in [6.45, 7) is 0.526. The minimum Gasteiger partial charge on any atom is -0.340 e. The fraction of sp³-hybridized carbons (Fsp3) is 0.412. The topological polar surface area (TPSA) is 100 Å². The molecular formula is C17H19N5O3. The molecule has 2 fully saturated rings. The van der Waals surface area contributed by atoms with Crippen molar-refractivity contribution in [2.45, 2.75) is 31.2 Å². The molecule has 2 amide bonds. The van der Waals surface area contributed by atoms with Gasteiger partial charge in [0.05, 0.1) is 11.9 Å². The number of carbonyl (C=O) groups excluding carboxylic acids is 2. The van der Waals surface area contributed by atoms with Crippen molar-refractivity contribution < 1.29 is 9.59 Å². The molecular weight excluding hydrogens is 322 g/mol. The van der Waals surface area contributed by atoms with Gasteiger partial charge in [-0.25, -0.2) is 0 Å². The number of carbonyl (C=O) groups is 2. The lowest BCUT2D eigenvalue weighted by molar-refractivity contribution is -0.118. The summed E-state index contributed by atoms with van der Waals surface area (Å²) in [6, 6.07) is 2.41. The molecule has 3 heterocycles. The predicted molar refractivity (Wildman–Crippen MR) is 90.5 cm³/mol. The van der Waals surface area contributed by atoms with E-state index in [0.717, 1.165) is 24.2 Å². The Morgan fingerprint density at radius 1 is 1.28 bits per heavy atom. The highest BCUT2D eigenvalue weighted by molar-refractivity contribution is 6.03. The smallest absolute Gasteiger partial charge is 0.252 e. The van der Waals surface area contributed by atoms with Gasteiger partial charge in [0, 0.05) is 37.1 Å². The zero-order valence-corrected chi connectivity index (χ0v) is 13.9. The number of amides is 2. The van der Waals surface area contributed by atoms with E-state index in [-0.39, 0.29) is 17.4 Å². The maximum Gasteiger partial charge on any atom is 0.252 e. The summed E-state index contributed by atoms with van der Waals surface area (Å²) < 4.78 is 1.63. The molecule has 1 aliphatic carbocycles. The van der Waals surface area contributed by atoms with Crippen LogP contribution >= 0.6 is 0 Å². The van der Waals surface area contributed by atoms with E-state index in [1.807, 2.05) is 0 Å². The Labute approximate surface area is 143 Å². The van der Waals surface area contributed by atoms with Crippen molar-refractivity contribution >= 4 is 17.5 Å². The van der Waals surface area contributed by atoms with Crippen LogP contribution in [0.4, 0.5) is 5.69 Å². The third-order valence-corrected chi connectivity index (χ3v) is 4.66. The molecule has 8 nitrogen and oxygen atoms in total. The molecule has 1 aliphatic heterocycles. The zero-order chi connectivity index (χ0) is 17.6. The van der Waals surface area contributed by atoms with Gasteiger partial charge in [-0.15, -0.1) is 0 Å². The fourth-order valence-electron chi connectivity index (χ4n) is 3.17. The van der Waals surface area contributed by atoms with Crippen molar-refractivity contribution in [1.82, 2.24) is 20.1 Å². The van der Waals surface area contributed by atoms with E-state index in [0.29, 0.717) is 24.4 Å². The number of hydrogen-bond donors (Lipinski definition) is 2. The summed E-state index contributed by atoms with van der Waals surface area (Å²) in [7, 11) is 1.79. The SMILES string of the molecule is Cn1cc(N2CCC(NC(=O)c3cc(C4CC4)[nH]c(=O)c3)C2=O)cn1. The number of H-pyrrole nitrogens is 1. The van der Waals surface area contributed by atoms with Gasteiger partial charge >= 0.3 is 0 Å². The molecule has 8 heteroatoms. The van der Waals surface area contributed by atoms with E-state index in [2.05, 4.69) is 15.4 Å². The van der Waals surface area contributed by atoms with Gasteiger partial charge in [0.1, 0.15) is 6.04 Å². The van der Waals surface area contributed by atoms with E-state index in [1.165, 1.54) is 6.07 Å². The van der Waals surface area contributed by atoms with Crippen LogP contribution in [0.25, 0.3) is 0 Å². The number of nitrogens with zero attached hydrogens (tertiary/aromatic N) is 3. The monoisotopic (exact) mass is 341 g/mol. The number of aromatic amines is 1. The van der Waals surface area contributed by atoms with Gasteiger partial charge in [-0.3, -0.25) is 19.1 Å². The Morgan fingerprint density at radius 3 is 2.76 bits per heavy atom. The average Bonchev–Trinajstić information content (AvgIpc) is 3.26. The summed E-state index contributed by atoms with van der Waals surface area (Å²) in [5.41, 5.74) is 1.53. The molecule has 0 spiro atoms. The maximum absolute atomic E-state index is 12.5. The standard InChI is InChI=1S/C17H19N5O3/c1-21-9-12(8-18-21)22-5-4-13(17(22)25)20-16(24)11-6-14(10-2-3-10)19-15(23)7-11/h6-10,13H,2-5H2,1H3,(H,19,23)(H,20,24). The molecule has 0 bridgehead atoms. The van der Waals surface area contributed by atoms with Crippen molar-refractivity contribution in [2.24, 2.45) is 7.05 Å². The van der Waals surface area contributed by atoms with Gasteiger partial charge in [-0.2, -0.15) is 5.10 Å². The summed E-state index contributed by atoms with van der Waals surface area (Å²) in [6.07, 6.45) is 5.98. The molecule has 2 aromatic rings. The van der Waals surface area contributed by atoms with E-state index in [9.17, 15) is 14.4 Å². The van der Waals surface area contributed by atoms with Crippen molar-refractivity contribution in [3.05, 3.63) is 46.1 Å². The lowest BCUT2D eigenvalue weighted by Crippen LogP contribution is -2.41.